The number of thiazole rings is 1. The minimum atomic E-state index is -1.02. The highest BCUT2D eigenvalue weighted by Gasteiger charge is 2.48. The van der Waals surface area contributed by atoms with Gasteiger partial charge in [-0.1, -0.05) is 17.4 Å². The lowest BCUT2D eigenvalue weighted by Crippen LogP contribution is -2.29. The van der Waals surface area contributed by atoms with E-state index >= 15 is 0 Å². The van der Waals surface area contributed by atoms with Crippen molar-refractivity contribution in [2.75, 3.05) is 25.2 Å². The fourth-order valence-electron chi connectivity index (χ4n) is 4.00. The van der Waals surface area contributed by atoms with Crippen LogP contribution in [0.3, 0.4) is 0 Å². The number of methoxy groups -OCH3 is 1. The molecule has 1 aromatic carbocycles. The zero-order chi connectivity index (χ0) is 24.7. The first-order chi connectivity index (χ1) is 16.9. The minimum absolute atomic E-state index is 0.125. The summed E-state index contributed by atoms with van der Waals surface area (Å²) < 4.78 is 15.9. The van der Waals surface area contributed by atoms with Gasteiger partial charge in [0.15, 0.2) is 16.6 Å². The van der Waals surface area contributed by atoms with E-state index in [9.17, 15) is 19.5 Å². The number of anilines is 1. The van der Waals surface area contributed by atoms with Crippen molar-refractivity contribution < 1.29 is 33.7 Å². The normalized spacial score (nSPS) is 18.6. The van der Waals surface area contributed by atoms with Crippen LogP contribution in [-0.2, 0) is 14.3 Å². The van der Waals surface area contributed by atoms with Crippen molar-refractivity contribution in [2.24, 2.45) is 0 Å². The summed E-state index contributed by atoms with van der Waals surface area (Å²) in [6, 6.07) is 7.10. The van der Waals surface area contributed by atoms with Gasteiger partial charge in [0.25, 0.3) is 5.78 Å². The smallest absolute Gasteiger partial charge is 0.350 e. The third-order valence-electron chi connectivity index (χ3n) is 5.62. The molecule has 10 nitrogen and oxygen atoms in total. The van der Waals surface area contributed by atoms with Crippen LogP contribution in [0.5, 0.6) is 11.5 Å². The molecule has 1 N–H and O–H groups in total. The molecule has 1 atom stereocenters. The van der Waals surface area contributed by atoms with Crippen LogP contribution in [0.1, 0.15) is 32.5 Å². The van der Waals surface area contributed by atoms with Crippen molar-refractivity contribution in [1.82, 2.24) is 9.97 Å². The number of fused-ring (bicyclic) bond motifs is 1. The van der Waals surface area contributed by atoms with Gasteiger partial charge in [-0.15, -0.1) is 0 Å². The van der Waals surface area contributed by atoms with Crippen molar-refractivity contribution in [3.8, 4) is 11.5 Å². The Kier molecular flexibility index (Phi) is 5.69. The topological polar surface area (TPSA) is 128 Å². The highest BCUT2D eigenvalue weighted by atomic mass is 32.1. The van der Waals surface area contributed by atoms with Gasteiger partial charge in [-0.25, -0.2) is 9.78 Å². The standard InChI is InChI=1S/C24H19N3O7S/c1-12-21(23(31)32-2)35-24(26-12)27-18(14-4-3-7-25-11-14)17(20(29)22(27)30)19(28)13-5-6-15-16(10-13)34-9-8-33-15/h3-7,10-11,18,28H,8-9H2,1-2H3/b19-17+. The molecule has 0 bridgehead atoms. The average molecular weight is 493 g/mol. The number of aromatic nitrogens is 2. The number of aliphatic hydroxyl groups is 1. The number of ether oxygens (including phenoxy) is 3. The van der Waals surface area contributed by atoms with Gasteiger partial charge in [0.05, 0.1) is 24.4 Å². The summed E-state index contributed by atoms with van der Waals surface area (Å²) in [5.41, 5.74) is 0.993. The van der Waals surface area contributed by atoms with Crippen molar-refractivity contribution >= 4 is 39.9 Å². The summed E-state index contributed by atoms with van der Waals surface area (Å²) >= 11 is 0.928. The molecular weight excluding hydrogens is 474 g/mol. The van der Waals surface area contributed by atoms with E-state index in [0.29, 0.717) is 36.0 Å². The van der Waals surface area contributed by atoms with E-state index in [0.717, 1.165) is 11.3 Å². The number of amides is 1. The third kappa shape index (κ3) is 3.79. The molecule has 5 rings (SSSR count). The summed E-state index contributed by atoms with van der Waals surface area (Å²) in [6.07, 6.45) is 3.06. The number of aryl methyl sites for hydroxylation is 1. The zero-order valence-corrected chi connectivity index (χ0v) is 19.5. The second-order valence-corrected chi connectivity index (χ2v) is 8.69. The maximum Gasteiger partial charge on any atom is 0.350 e. The van der Waals surface area contributed by atoms with Crippen LogP contribution in [0, 0.1) is 6.92 Å². The average Bonchev–Trinajstić information content (AvgIpc) is 3.40. The monoisotopic (exact) mass is 493 g/mol. The quantitative estimate of drug-likeness (QED) is 0.252. The molecule has 1 unspecified atom stereocenters. The summed E-state index contributed by atoms with van der Waals surface area (Å²) in [4.78, 5) is 48.5. The molecule has 0 aliphatic carbocycles. The summed E-state index contributed by atoms with van der Waals surface area (Å²) in [5, 5.41) is 11.4. The van der Waals surface area contributed by atoms with E-state index in [1.54, 1.807) is 43.5 Å². The first-order valence-electron chi connectivity index (χ1n) is 10.6. The Bertz CT molecular complexity index is 1380. The van der Waals surface area contributed by atoms with Gasteiger partial charge in [-0.3, -0.25) is 19.5 Å². The summed E-state index contributed by atoms with van der Waals surface area (Å²) in [7, 11) is 1.25. The zero-order valence-electron chi connectivity index (χ0n) is 18.7. The maximum atomic E-state index is 13.3. The number of carbonyl (C=O) groups excluding carboxylic acids is 3. The largest absolute Gasteiger partial charge is 0.507 e. The molecule has 0 spiro atoms. The lowest BCUT2D eigenvalue weighted by molar-refractivity contribution is -0.132. The summed E-state index contributed by atoms with van der Waals surface area (Å²) in [6.45, 7) is 2.37. The maximum absolute atomic E-state index is 13.3. The van der Waals surface area contributed by atoms with Crippen LogP contribution in [0.25, 0.3) is 5.76 Å². The second kappa shape index (κ2) is 8.84. The van der Waals surface area contributed by atoms with Gasteiger partial charge in [-0.05, 0) is 36.8 Å². The molecule has 1 saturated heterocycles. The fourth-order valence-corrected chi connectivity index (χ4v) is 5.01. The van der Waals surface area contributed by atoms with E-state index < -0.39 is 23.7 Å². The van der Waals surface area contributed by atoms with E-state index in [-0.39, 0.29) is 26.9 Å². The number of hydrogen-bond acceptors (Lipinski definition) is 10. The van der Waals surface area contributed by atoms with Crippen LogP contribution in [-0.4, -0.2) is 53.1 Å². The minimum Gasteiger partial charge on any atom is -0.507 e. The Morgan fingerprint density at radius 3 is 2.69 bits per heavy atom. The Labute approximate surface area is 203 Å². The van der Waals surface area contributed by atoms with E-state index in [1.165, 1.54) is 18.2 Å². The Morgan fingerprint density at radius 1 is 1.20 bits per heavy atom. The molecule has 2 aromatic heterocycles. The fraction of sp³-hybridized carbons (Fsp3) is 0.208. The number of nitrogens with zero attached hydrogens (tertiary/aromatic N) is 3. The Balaban J connectivity index is 1.67. The predicted octanol–water partition coefficient (Wildman–Crippen LogP) is 3.03. The number of Topliss-reactive ketones (excluding diaryl/α,β-unsaturated/α-hetero) is 1. The van der Waals surface area contributed by atoms with Gasteiger partial charge < -0.3 is 19.3 Å². The number of carbonyl (C=O) groups is 3. The number of esters is 1. The van der Waals surface area contributed by atoms with E-state index in [4.69, 9.17) is 14.2 Å². The first-order valence-corrected chi connectivity index (χ1v) is 11.4. The molecule has 3 aromatic rings. The van der Waals surface area contributed by atoms with Crippen LogP contribution in [0.4, 0.5) is 5.13 Å². The molecule has 11 heteroatoms. The van der Waals surface area contributed by atoms with Crippen molar-refractivity contribution in [3.05, 3.63) is 70.0 Å². The third-order valence-corrected chi connectivity index (χ3v) is 6.76. The second-order valence-electron chi connectivity index (χ2n) is 7.72. The lowest BCUT2D eigenvalue weighted by Gasteiger charge is -2.23. The molecular formula is C24H19N3O7S. The predicted molar refractivity (Wildman–Crippen MR) is 125 cm³/mol. The van der Waals surface area contributed by atoms with Crippen molar-refractivity contribution in [2.45, 2.75) is 13.0 Å². The molecule has 1 amide bonds. The molecule has 0 radical (unpaired) electrons. The van der Waals surface area contributed by atoms with Crippen LogP contribution in [0.15, 0.2) is 48.3 Å². The number of pyridine rings is 1. The van der Waals surface area contributed by atoms with Crippen LogP contribution >= 0.6 is 11.3 Å². The number of hydrogen-bond donors (Lipinski definition) is 1. The van der Waals surface area contributed by atoms with E-state index in [2.05, 4.69) is 9.97 Å². The number of rotatable bonds is 4. The van der Waals surface area contributed by atoms with Gasteiger partial charge in [-0.2, -0.15) is 0 Å². The van der Waals surface area contributed by atoms with Crippen LogP contribution < -0.4 is 14.4 Å². The Hall–Kier alpha value is -4.25. The number of ketones is 1. The van der Waals surface area contributed by atoms with Gasteiger partial charge in [0.2, 0.25) is 0 Å². The highest BCUT2D eigenvalue weighted by Crippen LogP contribution is 2.44. The number of aliphatic hydroxyl groups excluding tert-OH is 1. The van der Waals surface area contributed by atoms with E-state index in [1.807, 2.05) is 0 Å². The molecule has 0 saturated carbocycles. The van der Waals surface area contributed by atoms with Gasteiger partial charge >= 0.3 is 11.9 Å². The van der Waals surface area contributed by atoms with Gasteiger partial charge in [0.1, 0.15) is 23.9 Å². The lowest BCUT2D eigenvalue weighted by atomic mass is 9.96. The SMILES string of the molecule is COC(=O)c1sc(N2C(=O)C(=O)/C(=C(/O)c3ccc4c(c3)OCCO4)C2c2cccnc2)nc1C. The Morgan fingerprint density at radius 2 is 1.97 bits per heavy atom. The molecule has 1 fully saturated rings. The molecule has 35 heavy (non-hydrogen) atoms. The molecule has 4 heterocycles. The highest BCUT2D eigenvalue weighted by molar-refractivity contribution is 7.17. The van der Waals surface area contributed by atoms with Crippen LogP contribution in [0.2, 0.25) is 0 Å². The summed E-state index contributed by atoms with van der Waals surface area (Å²) in [5.74, 6) is -1.81. The van der Waals surface area contributed by atoms with Gasteiger partial charge in [0, 0.05) is 18.0 Å². The first kappa shape index (κ1) is 22.5. The molecule has 178 valence electrons. The molecule has 2 aliphatic rings. The number of benzene rings is 1. The van der Waals surface area contributed by atoms with Crippen molar-refractivity contribution in [1.29, 1.82) is 0 Å². The molecule has 2 aliphatic heterocycles. The van der Waals surface area contributed by atoms with Crippen molar-refractivity contribution in [3.63, 3.8) is 0 Å².